The Kier molecular flexibility index (Phi) is 4.28. The molecule has 2 aromatic carbocycles. The molecule has 2 amide bonds. The van der Waals surface area contributed by atoms with Gasteiger partial charge in [0.15, 0.2) is 0 Å². The number of amidine groups is 1. The lowest BCUT2D eigenvalue weighted by Crippen LogP contribution is -2.54. The number of hydrogen-bond donors (Lipinski definition) is 5. The van der Waals surface area contributed by atoms with E-state index in [-0.39, 0.29) is 17.3 Å². The minimum atomic E-state index is -2.02. The van der Waals surface area contributed by atoms with Crippen LogP contribution >= 0.6 is 0 Å². The number of nitrogen functional groups attached to an aromatic ring is 1. The molecule has 1 aliphatic heterocycles. The predicted molar refractivity (Wildman–Crippen MR) is 97.2 cm³/mol. The van der Waals surface area contributed by atoms with Gasteiger partial charge in [-0.2, -0.15) is 0 Å². The first kappa shape index (κ1) is 17.9. The van der Waals surface area contributed by atoms with Gasteiger partial charge in [-0.1, -0.05) is 12.1 Å². The van der Waals surface area contributed by atoms with E-state index in [1.54, 1.807) is 12.1 Å². The van der Waals surface area contributed by atoms with Gasteiger partial charge in [0, 0.05) is 16.8 Å². The SMILES string of the molecule is CC1(C(=O)O)Oc2ccc(NC(=O)c3ccc(C(=N)N)cc3)cc2NC1=O. The van der Waals surface area contributed by atoms with E-state index in [2.05, 4.69) is 10.6 Å². The zero-order valence-corrected chi connectivity index (χ0v) is 14.2. The molecular weight excluding hydrogens is 352 g/mol. The van der Waals surface area contributed by atoms with Gasteiger partial charge in [0.25, 0.3) is 17.4 Å². The van der Waals surface area contributed by atoms with Crippen molar-refractivity contribution in [3.05, 3.63) is 53.6 Å². The number of ether oxygens (including phenoxy) is 1. The average molecular weight is 368 g/mol. The van der Waals surface area contributed by atoms with E-state index in [1.165, 1.54) is 30.3 Å². The maximum Gasteiger partial charge on any atom is 0.357 e. The number of hydrogen-bond acceptors (Lipinski definition) is 5. The second-order valence-corrected chi connectivity index (χ2v) is 6.05. The van der Waals surface area contributed by atoms with Gasteiger partial charge in [-0.25, -0.2) is 4.79 Å². The molecule has 138 valence electrons. The smallest absolute Gasteiger partial charge is 0.357 e. The lowest BCUT2D eigenvalue weighted by Gasteiger charge is -2.31. The normalized spacial score (nSPS) is 17.9. The standard InChI is InChI=1S/C18H16N4O5/c1-18(17(25)26)16(24)22-12-8-11(6-7-13(12)27-18)21-15(23)10-4-2-9(3-5-10)14(19)20/h2-8H,1H3,(H3,19,20)(H,21,23)(H,22,24)(H,25,26). The molecule has 9 nitrogen and oxygen atoms in total. The number of carbonyl (C=O) groups is 3. The van der Waals surface area contributed by atoms with Crippen LogP contribution in [0.2, 0.25) is 0 Å². The van der Waals surface area contributed by atoms with Crippen LogP contribution in [0.3, 0.4) is 0 Å². The Labute approximate surface area is 153 Å². The topological polar surface area (TPSA) is 155 Å². The van der Waals surface area contributed by atoms with Crippen LogP contribution in [0.15, 0.2) is 42.5 Å². The molecular formula is C18H16N4O5. The van der Waals surface area contributed by atoms with Gasteiger partial charge in [0.2, 0.25) is 0 Å². The van der Waals surface area contributed by atoms with Gasteiger partial charge >= 0.3 is 5.97 Å². The summed E-state index contributed by atoms with van der Waals surface area (Å²) >= 11 is 0. The highest BCUT2D eigenvalue weighted by molar-refractivity contribution is 6.13. The van der Waals surface area contributed by atoms with Crippen LogP contribution in [-0.2, 0) is 9.59 Å². The van der Waals surface area contributed by atoms with E-state index >= 15 is 0 Å². The quantitative estimate of drug-likeness (QED) is 0.312. The van der Waals surface area contributed by atoms with E-state index in [4.69, 9.17) is 15.9 Å². The molecule has 0 aromatic heterocycles. The highest BCUT2D eigenvalue weighted by Gasteiger charge is 2.47. The number of rotatable bonds is 4. The van der Waals surface area contributed by atoms with Crippen molar-refractivity contribution < 1.29 is 24.2 Å². The van der Waals surface area contributed by atoms with Crippen LogP contribution in [0.5, 0.6) is 5.75 Å². The molecule has 0 aliphatic carbocycles. The number of carboxylic acid groups (broad SMARTS) is 1. The van der Waals surface area contributed by atoms with Gasteiger partial charge < -0.3 is 26.2 Å². The van der Waals surface area contributed by atoms with Crippen molar-refractivity contribution in [1.29, 1.82) is 5.41 Å². The minimum absolute atomic E-state index is 0.0965. The molecule has 0 saturated carbocycles. The fourth-order valence-corrected chi connectivity index (χ4v) is 2.45. The van der Waals surface area contributed by atoms with Crippen LogP contribution in [0.25, 0.3) is 0 Å². The van der Waals surface area contributed by atoms with E-state index in [0.717, 1.165) is 6.92 Å². The first-order valence-corrected chi connectivity index (χ1v) is 7.84. The minimum Gasteiger partial charge on any atom is -0.478 e. The predicted octanol–water partition coefficient (Wildman–Crippen LogP) is 1.40. The molecule has 0 spiro atoms. The van der Waals surface area contributed by atoms with E-state index in [0.29, 0.717) is 16.8 Å². The summed E-state index contributed by atoms with van der Waals surface area (Å²) in [4.78, 5) is 35.6. The molecule has 3 rings (SSSR count). The van der Waals surface area contributed by atoms with Crippen LogP contribution in [0.1, 0.15) is 22.8 Å². The van der Waals surface area contributed by atoms with Crippen molar-refractivity contribution in [2.24, 2.45) is 5.73 Å². The molecule has 0 fully saturated rings. The van der Waals surface area contributed by atoms with Crippen molar-refractivity contribution in [1.82, 2.24) is 0 Å². The lowest BCUT2D eigenvalue weighted by molar-refractivity contribution is -0.159. The zero-order chi connectivity index (χ0) is 19.8. The van der Waals surface area contributed by atoms with Gasteiger partial charge in [-0.05, 0) is 37.3 Å². The van der Waals surface area contributed by atoms with Crippen LogP contribution in [-0.4, -0.2) is 34.3 Å². The number of anilines is 2. The number of amides is 2. The summed E-state index contributed by atoms with van der Waals surface area (Å²) in [7, 11) is 0. The maximum atomic E-state index is 12.3. The Balaban J connectivity index is 1.79. The van der Waals surface area contributed by atoms with Crippen molar-refractivity contribution in [3.8, 4) is 5.75 Å². The summed E-state index contributed by atoms with van der Waals surface area (Å²) in [5.41, 5.74) is 4.86. The fraction of sp³-hybridized carbons (Fsp3) is 0.111. The molecule has 27 heavy (non-hydrogen) atoms. The van der Waals surface area contributed by atoms with E-state index in [1.807, 2.05) is 0 Å². The molecule has 1 atom stereocenters. The highest BCUT2D eigenvalue weighted by atomic mass is 16.5. The molecule has 1 aliphatic rings. The molecule has 0 radical (unpaired) electrons. The van der Waals surface area contributed by atoms with Gasteiger partial charge in [-0.15, -0.1) is 0 Å². The Morgan fingerprint density at radius 1 is 1.19 bits per heavy atom. The van der Waals surface area contributed by atoms with Gasteiger partial charge in [0.05, 0.1) is 5.69 Å². The number of nitrogens with two attached hydrogens (primary N) is 1. The molecule has 6 N–H and O–H groups in total. The van der Waals surface area contributed by atoms with Crippen LogP contribution < -0.4 is 21.1 Å². The molecule has 2 aromatic rings. The summed E-state index contributed by atoms with van der Waals surface area (Å²) in [5, 5.41) is 21.7. The van der Waals surface area contributed by atoms with Crippen LogP contribution in [0.4, 0.5) is 11.4 Å². The molecule has 0 saturated heterocycles. The van der Waals surface area contributed by atoms with E-state index in [9.17, 15) is 19.5 Å². The average Bonchev–Trinajstić information content (AvgIpc) is 2.62. The summed E-state index contributed by atoms with van der Waals surface area (Å²) < 4.78 is 5.32. The second-order valence-electron chi connectivity index (χ2n) is 6.05. The molecule has 0 bridgehead atoms. The number of nitrogens with one attached hydrogen (secondary N) is 3. The number of benzene rings is 2. The zero-order valence-electron chi connectivity index (χ0n) is 14.2. The van der Waals surface area contributed by atoms with Crippen molar-refractivity contribution in [3.63, 3.8) is 0 Å². The first-order valence-electron chi connectivity index (χ1n) is 7.84. The number of carboxylic acids is 1. The number of aliphatic carboxylic acids is 1. The lowest BCUT2D eigenvalue weighted by atomic mass is 10.0. The Morgan fingerprint density at radius 3 is 2.41 bits per heavy atom. The third kappa shape index (κ3) is 3.30. The largest absolute Gasteiger partial charge is 0.478 e. The first-order chi connectivity index (χ1) is 12.7. The molecule has 9 heteroatoms. The molecule has 1 unspecified atom stereocenters. The van der Waals surface area contributed by atoms with E-state index < -0.39 is 23.4 Å². The third-order valence-corrected chi connectivity index (χ3v) is 4.10. The second kappa shape index (κ2) is 6.45. The summed E-state index contributed by atoms with van der Waals surface area (Å²) in [6.07, 6.45) is 0. The monoisotopic (exact) mass is 368 g/mol. The summed E-state index contributed by atoms with van der Waals surface area (Å²) in [5.74, 6) is -2.53. The Hall–Kier alpha value is -3.88. The Morgan fingerprint density at radius 2 is 1.81 bits per heavy atom. The molecule has 1 heterocycles. The maximum absolute atomic E-state index is 12.3. The summed E-state index contributed by atoms with van der Waals surface area (Å²) in [6, 6.07) is 10.7. The third-order valence-electron chi connectivity index (χ3n) is 4.10. The Bertz CT molecular complexity index is 970. The van der Waals surface area contributed by atoms with Gasteiger partial charge in [-0.3, -0.25) is 15.0 Å². The number of fused-ring (bicyclic) bond motifs is 1. The van der Waals surface area contributed by atoms with Gasteiger partial charge in [0.1, 0.15) is 11.6 Å². The van der Waals surface area contributed by atoms with Crippen molar-refractivity contribution in [2.45, 2.75) is 12.5 Å². The number of carbonyl (C=O) groups excluding carboxylic acids is 2. The highest BCUT2D eigenvalue weighted by Crippen LogP contribution is 2.35. The van der Waals surface area contributed by atoms with Crippen molar-refractivity contribution in [2.75, 3.05) is 10.6 Å². The fourth-order valence-electron chi connectivity index (χ4n) is 2.45. The summed E-state index contributed by atoms with van der Waals surface area (Å²) in [6.45, 7) is 1.16. The van der Waals surface area contributed by atoms with Crippen molar-refractivity contribution >= 4 is 35.0 Å². The van der Waals surface area contributed by atoms with Crippen LogP contribution in [0, 0.1) is 5.41 Å².